The molecule has 9 nitrogen and oxygen atoms in total. The summed E-state index contributed by atoms with van der Waals surface area (Å²) in [6.07, 6.45) is 0.905. The molecule has 0 saturated carbocycles. The number of benzene rings is 2. The van der Waals surface area contributed by atoms with Gasteiger partial charge in [-0.1, -0.05) is 26.8 Å². The third-order valence-electron chi connectivity index (χ3n) is 6.74. The summed E-state index contributed by atoms with van der Waals surface area (Å²) >= 11 is 0. The second-order valence-electron chi connectivity index (χ2n) is 10.7. The monoisotopic (exact) mass is 584 g/mol. The summed E-state index contributed by atoms with van der Waals surface area (Å²) in [4.78, 5) is 16.8. The summed E-state index contributed by atoms with van der Waals surface area (Å²) in [5, 5.41) is 0. The van der Waals surface area contributed by atoms with Crippen LogP contribution in [0.25, 0.3) is 45.2 Å². The van der Waals surface area contributed by atoms with Crippen molar-refractivity contribution in [1.82, 2.24) is 24.5 Å². The van der Waals surface area contributed by atoms with E-state index in [9.17, 15) is 21.6 Å². The molecule has 0 aliphatic carbocycles. The van der Waals surface area contributed by atoms with Crippen molar-refractivity contribution in [2.24, 2.45) is 5.41 Å². The molecule has 2 N–H and O–H groups in total. The molecule has 214 valence electrons. The molecule has 0 unspecified atom stereocenters. The van der Waals surface area contributed by atoms with Crippen molar-refractivity contribution in [2.75, 3.05) is 11.7 Å². The van der Waals surface area contributed by atoms with E-state index in [0.717, 1.165) is 18.4 Å². The molecular formula is C28H27F3N6O3S. The van der Waals surface area contributed by atoms with Crippen LogP contribution in [0, 0.1) is 22.9 Å². The fraction of sp³-hybridized carbons (Fsp3) is 0.250. The zero-order valence-corrected chi connectivity index (χ0v) is 23.6. The fourth-order valence-electron chi connectivity index (χ4n) is 4.27. The summed E-state index contributed by atoms with van der Waals surface area (Å²) in [7, 11) is -3.84. The van der Waals surface area contributed by atoms with Crippen molar-refractivity contribution in [3.8, 4) is 34.0 Å². The van der Waals surface area contributed by atoms with E-state index in [1.54, 1.807) is 16.7 Å². The number of fused-ring (bicyclic) bond motifs is 1. The summed E-state index contributed by atoms with van der Waals surface area (Å²) < 4.78 is 73.0. The number of H-pyrrole nitrogens is 1. The highest BCUT2D eigenvalue weighted by Crippen LogP contribution is 2.38. The second-order valence-corrected chi connectivity index (χ2v) is 12.3. The molecule has 0 saturated heterocycles. The molecule has 0 radical (unpaired) electrons. The topological polar surface area (TPSA) is 115 Å². The number of nitrogens with one attached hydrogen (secondary N) is 2. The van der Waals surface area contributed by atoms with Gasteiger partial charge in [-0.2, -0.15) is 8.42 Å². The Hall–Kier alpha value is -4.23. The lowest BCUT2D eigenvalue weighted by Crippen LogP contribution is -2.24. The quantitative estimate of drug-likeness (QED) is 0.210. The minimum absolute atomic E-state index is 0.0719. The molecule has 0 aliphatic rings. The second kappa shape index (κ2) is 10.3. The van der Waals surface area contributed by atoms with Crippen LogP contribution in [-0.4, -0.2) is 39.2 Å². The number of nitrogens with zero attached hydrogens (tertiary/aromatic N) is 4. The van der Waals surface area contributed by atoms with Crippen LogP contribution < -0.4 is 5.48 Å². The lowest BCUT2D eigenvalue weighted by molar-refractivity contribution is 0.264. The van der Waals surface area contributed by atoms with Gasteiger partial charge < -0.3 is 4.98 Å². The molecule has 1 atom stereocenters. The third kappa shape index (κ3) is 5.68. The van der Waals surface area contributed by atoms with Gasteiger partial charge in [0.2, 0.25) is 5.95 Å². The van der Waals surface area contributed by atoms with Crippen LogP contribution in [0.3, 0.4) is 0 Å². The Labute approximate surface area is 234 Å². The van der Waals surface area contributed by atoms with Crippen molar-refractivity contribution in [3.63, 3.8) is 0 Å². The number of aromatic amines is 1. The van der Waals surface area contributed by atoms with Crippen molar-refractivity contribution in [2.45, 2.75) is 33.7 Å². The largest absolute Gasteiger partial charge is 0.336 e. The highest BCUT2D eigenvalue weighted by atomic mass is 32.2. The van der Waals surface area contributed by atoms with E-state index in [1.807, 2.05) is 27.7 Å². The van der Waals surface area contributed by atoms with Crippen LogP contribution >= 0.6 is 0 Å². The standard InChI is InChI=1S/C28H27F3N6O3S/c1-15(28(2,3)4)37-26-21(33-27(37)36-40-41(5,38)39)14-13-20(32-26)24-23(16-9-11-17(29)12-10-16)34-25(35-24)22-18(30)7-6-8-19(22)31/h6-15H,1-5H3,(H,33,36)(H,34,35)/t15-/m1/s1. The van der Waals surface area contributed by atoms with Gasteiger partial charge in [-0.3, -0.25) is 4.57 Å². The third-order valence-corrected chi connectivity index (χ3v) is 7.13. The zero-order chi connectivity index (χ0) is 29.7. The molecule has 3 aromatic heterocycles. The van der Waals surface area contributed by atoms with E-state index in [2.05, 4.69) is 20.4 Å². The van der Waals surface area contributed by atoms with Crippen LogP contribution in [0.5, 0.6) is 0 Å². The Morgan fingerprint density at radius 3 is 2.22 bits per heavy atom. The normalized spacial score (nSPS) is 13.1. The Morgan fingerprint density at radius 1 is 0.951 bits per heavy atom. The first-order valence-electron chi connectivity index (χ1n) is 12.6. The van der Waals surface area contributed by atoms with E-state index >= 15 is 0 Å². The van der Waals surface area contributed by atoms with Crippen LogP contribution in [-0.2, 0) is 14.4 Å². The van der Waals surface area contributed by atoms with E-state index in [-0.39, 0.29) is 28.8 Å². The Morgan fingerprint density at radius 2 is 1.61 bits per heavy atom. The molecule has 0 amide bonds. The molecule has 41 heavy (non-hydrogen) atoms. The fourth-order valence-corrected chi connectivity index (χ4v) is 4.50. The molecule has 2 aromatic carbocycles. The van der Waals surface area contributed by atoms with Gasteiger partial charge in [0.1, 0.15) is 28.8 Å². The number of rotatable bonds is 7. The first-order valence-corrected chi connectivity index (χ1v) is 14.4. The van der Waals surface area contributed by atoms with Gasteiger partial charge >= 0.3 is 0 Å². The van der Waals surface area contributed by atoms with E-state index in [4.69, 9.17) is 9.27 Å². The maximum absolute atomic E-state index is 14.7. The van der Waals surface area contributed by atoms with E-state index in [0.29, 0.717) is 33.8 Å². The molecule has 0 fully saturated rings. The van der Waals surface area contributed by atoms with Gasteiger partial charge in [-0.15, -0.1) is 4.28 Å². The van der Waals surface area contributed by atoms with Gasteiger partial charge in [0.15, 0.2) is 5.65 Å². The van der Waals surface area contributed by atoms with Crippen molar-refractivity contribution in [3.05, 3.63) is 72.0 Å². The Kier molecular flexibility index (Phi) is 7.12. The van der Waals surface area contributed by atoms with Crippen LogP contribution in [0.1, 0.15) is 33.7 Å². The highest BCUT2D eigenvalue weighted by molar-refractivity contribution is 7.86. The minimum Gasteiger partial charge on any atom is -0.336 e. The molecule has 3 heterocycles. The van der Waals surface area contributed by atoms with Crippen LogP contribution in [0.2, 0.25) is 0 Å². The van der Waals surface area contributed by atoms with Gasteiger partial charge in [-0.25, -0.2) is 33.6 Å². The van der Waals surface area contributed by atoms with Crippen molar-refractivity contribution >= 4 is 27.2 Å². The zero-order valence-electron chi connectivity index (χ0n) is 22.8. The number of hydrogen-bond acceptors (Lipinski definition) is 7. The molecule has 13 heteroatoms. The SMILES string of the molecule is C[C@@H](n1c(NOS(C)(=O)=O)nc2ccc(-c3[nH]c(-c4c(F)cccc4F)nc3-c3ccc(F)cc3)nc21)C(C)(C)C. The number of halogens is 3. The lowest BCUT2D eigenvalue weighted by Gasteiger charge is -2.29. The molecular weight excluding hydrogens is 557 g/mol. The Bertz CT molecular complexity index is 1840. The minimum atomic E-state index is -3.84. The lowest BCUT2D eigenvalue weighted by atomic mass is 9.88. The van der Waals surface area contributed by atoms with Gasteiger partial charge in [0.25, 0.3) is 10.1 Å². The molecule has 0 bridgehead atoms. The summed E-state index contributed by atoms with van der Waals surface area (Å²) in [6, 6.07) is 12.1. The molecule has 5 aromatic rings. The number of imidazole rings is 2. The van der Waals surface area contributed by atoms with Gasteiger partial charge in [0, 0.05) is 11.6 Å². The number of aromatic nitrogens is 5. The molecule has 0 spiro atoms. The van der Waals surface area contributed by atoms with Gasteiger partial charge in [0.05, 0.1) is 28.9 Å². The Balaban J connectivity index is 1.74. The van der Waals surface area contributed by atoms with Crippen LogP contribution in [0.4, 0.5) is 19.1 Å². The molecule has 0 aliphatic heterocycles. The number of anilines is 1. The smallest absolute Gasteiger partial charge is 0.285 e. The van der Waals surface area contributed by atoms with Crippen LogP contribution in [0.15, 0.2) is 54.6 Å². The van der Waals surface area contributed by atoms with Gasteiger partial charge in [-0.05, 0) is 60.9 Å². The van der Waals surface area contributed by atoms with Crippen molar-refractivity contribution < 1.29 is 25.9 Å². The summed E-state index contributed by atoms with van der Waals surface area (Å²) in [5.74, 6) is -2.02. The first kappa shape index (κ1) is 28.3. The average molecular weight is 585 g/mol. The number of pyridine rings is 1. The molecule has 5 rings (SSSR count). The average Bonchev–Trinajstić information content (AvgIpc) is 3.48. The maximum atomic E-state index is 14.7. The first-order chi connectivity index (χ1) is 19.2. The maximum Gasteiger partial charge on any atom is 0.285 e. The summed E-state index contributed by atoms with van der Waals surface area (Å²) in [6.45, 7) is 7.95. The number of hydrogen-bond donors (Lipinski definition) is 2. The summed E-state index contributed by atoms with van der Waals surface area (Å²) in [5.41, 5.74) is 4.05. The van der Waals surface area contributed by atoms with E-state index < -0.39 is 27.6 Å². The van der Waals surface area contributed by atoms with E-state index in [1.165, 1.54) is 30.3 Å². The highest BCUT2D eigenvalue weighted by Gasteiger charge is 2.28. The van der Waals surface area contributed by atoms with Crippen molar-refractivity contribution in [1.29, 1.82) is 0 Å². The predicted molar refractivity (Wildman–Crippen MR) is 150 cm³/mol. The predicted octanol–water partition coefficient (Wildman–Crippen LogP) is 6.48.